The smallest absolute Gasteiger partial charge is 0.325 e. The maximum Gasteiger partial charge on any atom is 0.334 e. The number of azo groups is 1. The van der Waals surface area contributed by atoms with Crippen LogP contribution >= 0.6 is 0 Å². The first-order valence-corrected chi connectivity index (χ1v) is 9.53. The Morgan fingerprint density at radius 1 is 0.867 bits per heavy atom. The second-order valence-corrected chi connectivity index (χ2v) is 6.61. The Morgan fingerprint density at radius 2 is 1.47 bits per heavy atom. The number of imide groups is 2. The Kier molecular flexibility index (Phi) is 6.63. The van der Waals surface area contributed by atoms with E-state index in [-0.39, 0.29) is 6.54 Å². The Labute approximate surface area is 173 Å². The van der Waals surface area contributed by atoms with E-state index < -0.39 is 30.3 Å². The van der Waals surface area contributed by atoms with Crippen molar-refractivity contribution >= 4 is 40.8 Å². The Morgan fingerprint density at radius 3 is 2.10 bits per heavy atom. The summed E-state index contributed by atoms with van der Waals surface area (Å²) >= 11 is 0. The lowest BCUT2D eigenvalue weighted by Crippen LogP contribution is -2.39. The predicted molar refractivity (Wildman–Crippen MR) is 109 cm³/mol. The zero-order valence-electron chi connectivity index (χ0n) is 16.4. The van der Waals surface area contributed by atoms with E-state index in [0.717, 1.165) is 17.0 Å². The van der Waals surface area contributed by atoms with Crippen LogP contribution < -0.4 is 5.32 Å². The van der Waals surface area contributed by atoms with Crippen molar-refractivity contribution in [2.45, 2.75) is 19.8 Å². The van der Waals surface area contributed by atoms with Crippen LogP contribution in [0.4, 0.5) is 21.9 Å². The first-order chi connectivity index (χ1) is 14.5. The van der Waals surface area contributed by atoms with Crippen LogP contribution in [0.5, 0.6) is 0 Å². The van der Waals surface area contributed by atoms with E-state index in [1.165, 1.54) is 0 Å². The van der Waals surface area contributed by atoms with Gasteiger partial charge >= 0.3 is 17.8 Å². The van der Waals surface area contributed by atoms with Gasteiger partial charge in [-0.1, -0.05) is 31.5 Å². The van der Waals surface area contributed by atoms with E-state index in [0.29, 0.717) is 22.7 Å². The van der Waals surface area contributed by atoms with E-state index in [1.807, 2.05) is 37.3 Å². The lowest BCUT2D eigenvalue weighted by atomic mass is 10.3. The number of anilines is 1. The number of carbonyl (C=O) groups excluding carboxylic acids is 4. The van der Waals surface area contributed by atoms with E-state index in [1.54, 1.807) is 24.3 Å². The average Bonchev–Trinajstić information content (AvgIpc) is 2.95. The average molecular weight is 407 g/mol. The minimum absolute atomic E-state index is 0.164. The molecule has 1 aliphatic rings. The molecule has 9 heteroatoms. The molecule has 0 unspecified atom stereocenters. The first-order valence-electron chi connectivity index (χ1n) is 9.53. The molecule has 0 bridgehead atoms. The SMILES string of the molecule is CCCCN1C(=O)C(=O)N(CC(=O)Nc2ccc(N=Nc3ccccc3)cc2)C1=O. The first kappa shape index (κ1) is 20.8. The van der Waals surface area contributed by atoms with Gasteiger partial charge < -0.3 is 5.32 Å². The highest BCUT2D eigenvalue weighted by molar-refractivity contribution is 6.45. The van der Waals surface area contributed by atoms with Gasteiger partial charge in [-0.15, -0.1) is 0 Å². The van der Waals surface area contributed by atoms with Crippen molar-refractivity contribution in [2.75, 3.05) is 18.4 Å². The summed E-state index contributed by atoms with van der Waals surface area (Å²) in [6.07, 6.45) is 1.37. The summed E-state index contributed by atoms with van der Waals surface area (Å²) < 4.78 is 0. The van der Waals surface area contributed by atoms with Crippen LogP contribution in [0, 0.1) is 0 Å². The van der Waals surface area contributed by atoms with E-state index in [2.05, 4.69) is 15.5 Å². The zero-order valence-corrected chi connectivity index (χ0v) is 16.4. The molecule has 154 valence electrons. The number of urea groups is 1. The summed E-state index contributed by atoms with van der Waals surface area (Å²) in [4.78, 5) is 50.0. The number of amides is 5. The number of rotatable bonds is 8. The summed E-state index contributed by atoms with van der Waals surface area (Å²) in [7, 11) is 0. The molecule has 2 aromatic carbocycles. The van der Waals surface area contributed by atoms with Crippen LogP contribution in [0.2, 0.25) is 0 Å². The fourth-order valence-corrected chi connectivity index (χ4v) is 2.77. The molecule has 1 heterocycles. The molecule has 1 fully saturated rings. The number of hydrogen-bond acceptors (Lipinski definition) is 6. The number of carbonyl (C=O) groups is 4. The highest BCUT2D eigenvalue weighted by Gasteiger charge is 2.44. The summed E-state index contributed by atoms with van der Waals surface area (Å²) in [6, 6.07) is 15.1. The van der Waals surface area contributed by atoms with E-state index >= 15 is 0 Å². The maximum absolute atomic E-state index is 12.3. The molecule has 9 nitrogen and oxygen atoms in total. The van der Waals surface area contributed by atoms with Crippen molar-refractivity contribution < 1.29 is 19.2 Å². The fourth-order valence-electron chi connectivity index (χ4n) is 2.77. The molecule has 1 N–H and O–H groups in total. The van der Waals surface area contributed by atoms with Gasteiger partial charge in [-0.05, 0) is 42.8 Å². The largest absolute Gasteiger partial charge is 0.334 e. The maximum atomic E-state index is 12.3. The normalized spacial score (nSPS) is 14.1. The van der Waals surface area contributed by atoms with Gasteiger partial charge in [0.2, 0.25) is 5.91 Å². The molecule has 0 aromatic heterocycles. The molecule has 0 atom stereocenters. The van der Waals surface area contributed by atoms with Gasteiger partial charge in [0.25, 0.3) is 0 Å². The van der Waals surface area contributed by atoms with Gasteiger partial charge in [-0.25, -0.2) is 9.69 Å². The third kappa shape index (κ3) is 4.93. The van der Waals surface area contributed by atoms with Crippen molar-refractivity contribution in [3.05, 3.63) is 54.6 Å². The minimum atomic E-state index is -0.983. The van der Waals surface area contributed by atoms with Crippen molar-refractivity contribution in [3.63, 3.8) is 0 Å². The number of hydrogen-bond donors (Lipinski definition) is 1. The van der Waals surface area contributed by atoms with Crippen molar-refractivity contribution in [3.8, 4) is 0 Å². The summed E-state index contributed by atoms with van der Waals surface area (Å²) in [6.45, 7) is 1.55. The molecule has 0 spiro atoms. The predicted octanol–water partition coefficient (Wildman–Crippen LogP) is 3.63. The van der Waals surface area contributed by atoms with Crippen LogP contribution in [0.1, 0.15) is 19.8 Å². The van der Waals surface area contributed by atoms with Gasteiger partial charge in [0.15, 0.2) is 0 Å². The van der Waals surface area contributed by atoms with E-state index in [4.69, 9.17) is 0 Å². The second-order valence-electron chi connectivity index (χ2n) is 6.61. The second kappa shape index (κ2) is 9.55. The van der Waals surface area contributed by atoms with Crippen LogP contribution in [-0.2, 0) is 14.4 Å². The lowest BCUT2D eigenvalue weighted by molar-refractivity contribution is -0.143. The highest BCUT2D eigenvalue weighted by Crippen LogP contribution is 2.20. The number of nitrogens with zero attached hydrogens (tertiary/aromatic N) is 4. The topological polar surface area (TPSA) is 112 Å². The van der Waals surface area contributed by atoms with Crippen molar-refractivity contribution in [1.29, 1.82) is 0 Å². The van der Waals surface area contributed by atoms with Crippen LogP contribution in [-0.4, -0.2) is 46.6 Å². The quantitative estimate of drug-likeness (QED) is 0.409. The molecule has 5 amide bonds. The molecule has 0 radical (unpaired) electrons. The molecular formula is C21H21N5O4. The van der Waals surface area contributed by atoms with Gasteiger partial charge in [0.1, 0.15) is 6.54 Å². The molecule has 1 saturated heterocycles. The van der Waals surface area contributed by atoms with Gasteiger partial charge in [-0.2, -0.15) is 10.2 Å². The monoisotopic (exact) mass is 407 g/mol. The zero-order chi connectivity index (χ0) is 21.5. The Bertz CT molecular complexity index is 973. The van der Waals surface area contributed by atoms with Gasteiger partial charge in [-0.3, -0.25) is 19.3 Å². The van der Waals surface area contributed by atoms with Crippen LogP contribution in [0.3, 0.4) is 0 Å². The van der Waals surface area contributed by atoms with Crippen LogP contribution in [0.15, 0.2) is 64.8 Å². The molecular weight excluding hydrogens is 386 g/mol. The Balaban J connectivity index is 1.57. The lowest BCUT2D eigenvalue weighted by Gasteiger charge is -2.15. The minimum Gasteiger partial charge on any atom is -0.325 e. The number of benzene rings is 2. The number of nitrogens with one attached hydrogen (secondary N) is 1. The molecule has 0 aliphatic carbocycles. The third-order valence-electron chi connectivity index (χ3n) is 4.36. The number of unbranched alkanes of at least 4 members (excludes halogenated alkanes) is 1. The molecule has 2 aromatic rings. The molecule has 3 rings (SSSR count). The van der Waals surface area contributed by atoms with Crippen molar-refractivity contribution in [1.82, 2.24) is 9.80 Å². The fraction of sp³-hybridized carbons (Fsp3) is 0.238. The Hall–Kier alpha value is -3.88. The molecule has 30 heavy (non-hydrogen) atoms. The third-order valence-corrected chi connectivity index (χ3v) is 4.36. The van der Waals surface area contributed by atoms with Gasteiger partial charge in [0, 0.05) is 12.2 Å². The standard InChI is InChI=1S/C21H21N5O4/c1-2-3-13-25-19(28)20(29)26(21(25)30)14-18(27)22-15-9-11-17(12-10-15)24-23-16-7-5-4-6-8-16/h4-12H,2-3,13-14H2,1H3,(H,22,27). The van der Waals surface area contributed by atoms with Crippen molar-refractivity contribution in [2.24, 2.45) is 10.2 Å². The summed E-state index contributed by atoms with van der Waals surface area (Å²) in [5, 5.41) is 10.8. The molecule has 1 aliphatic heterocycles. The summed E-state index contributed by atoms with van der Waals surface area (Å²) in [5.74, 6) is -2.46. The molecule has 0 saturated carbocycles. The highest BCUT2D eigenvalue weighted by atomic mass is 16.2. The van der Waals surface area contributed by atoms with Gasteiger partial charge in [0.05, 0.1) is 11.4 Å². The summed E-state index contributed by atoms with van der Waals surface area (Å²) in [5.41, 5.74) is 1.78. The van der Waals surface area contributed by atoms with E-state index in [9.17, 15) is 19.2 Å². The van der Waals surface area contributed by atoms with Crippen LogP contribution in [0.25, 0.3) is 0 Å².